The third-order valence-corrected chi connectivity index (χ3v) is 6.67. The fourth-order valence-corrected chi connectivity index (χ4v) is 4.38. The summed E-state index contributed by atoms with van der Waals surface area (Å²) in [6.45, 7) is 6.88. The van der Waals surface area contributed by atoms with E-state index in [-0.39, 0.29) is 11.3 Å². The van der Waals surface area contributed by atoms with Crippen molar-refractivity contribution in [2.75, 3.05) is 25.1 Å². The number of anilines is 1. The molecule has 0 aliphatic carbocycles. The fraction of sp³-hybridized carbons (Fsp3) is 0.615. The number of hydrogen-bond donors (Lipinski definition) is 3. The van der Waals surface area contributed by atoms with Crippen LogP contribution in [0.5, 0.6) is 5.75 Å². The van der Waals surface area contributed by atoms with E-state index in [1.54, 1.807) is 6.92 Å². The van der Waals surface area contributed by atoms with Crippen molar-refractivity contribution < 1.29 is 43.2 Å². The SMILES string of the molecule is CCCCOC1C(C)OC(=O)C(NC(=O)c2cccc(NC=O)c2O)C(C)OC(=O)C1CCC1COC1. The van der Waals surface area contributed by atoms with E-state index in [0.717, 1.165) is 19.3 Å². The topological polar surface area (TPSA) is 149 Å². The van der Waals surface area contributed by atoms with E-state index in [1.807, 2.05) is 6.92 Å². The van der Waals surface area contributed by atoms with Gasteiger partial charge in [-0.3, -0.25) is 14.4 Å². The monoisotopic (exact) mass is 520 g/mol. The van der Waals surface area contributed by atoms with Gasteiger partial charge in [0.2, 0.25) is 6.41 Å². The molecule has 204 valence electrons. The van der Waals surface area contributed by atoms with E-state index in [1.165, 1.54) is 25.1 Å². The second-order valence-electron chi connectivity index (χ2n) is 9.48. The van der Waals surface area contributed by atoms with Crippen molar-refractivity contribution >= 4 is 29.9 Å². The largest absolute Gasteiger partial charge is 0.505 e. The summed E-state index contributed by atoms with van der Waals surface area (Å²) in [5.41, 5.74) is -0.146. The van der Waals surface area contributed by atoms with Crippen molar-refractivity contribution in [1.82, 2.24) is 5.32 Å². The third-order valence-electron chi connectivity index (χ3n) is 6.67. The van der Waals surface area contributed by atoms with E-state index in [0.29, 0.717) is 38.6 Å². The molecule has 1 aromatic carbocycles. The molecule has 3 rings (SSSR count). The van der Waals surface area contributed by atoms with Crippen molar-refractivity contribution in [3.8, 4) is 5.75 Å². The minimum absolute atomic E-state index is 0.0274. The molecule has 2 heterocycles. The molecule has 37 heavy (non-hydrogen) atoms. The lowest BCUT2D eigenvalue weighted by atomic mass is 9.89. The molecule has 2 aliphatic rings. The van der Waals surface area contributed by atoms with Gasteiger partial charge in [0.25, 0.3) is 5.91 Å². The van der Waals surface area contributed by atoms with Crippen LogP contribution in [0.15, 0.2) is 18.2 Å². The smallest absolute Gasteiger partial charge is 0.332 e. The molecule has 0 saturated carbocycles. The van der Waals surface area contributed by atoms with E-state index >= 15 is 0 Å². The molecule has 0 bridgehead atoms. The first-order valence-electron chi connectivity index (χ1n) is 12.7. The lowest BCUT2D eigenvalue weighted by Crippen LogP contribution is -2.50. The van der Waals surface area contributed by atoms with Gasteiger partial charge in [-0.05, 0) is 45.2 Å². The van der Waals surface area contributed by atoms with E-state index in [9.17, 15) is 24.3 Å². The molecule has 0 aromatic heterocycles. The number of unbranched alkanes of at least 4 members (excludes halogenated alkanes) is 1. The number of aromatic hydroxyl groups is 1. The number of amides is 2. The zero-order valence-electron chi connectivity index (χ0n) is 21.4. The van der Waals surface area contributed by atoms with Crippen LogP contribution < -0.4 is 10.6 Å². The number of esters is 2. The minimum atomic E-state index is -1.34. The summed E-state index contributed by atoms with van der Waals surface area (Å²) in [4.78, 5) is 50.2. The van der Waals surface area contributed by atoms with Gasteiger partial charge in [0, 0.05) is 12.5 Å². The number of phenols is 1. The summed E-state index contributed by atoms with van der Waals surface area (Å²) >= 11 is 0. The number of nitrogens with one attached hydrogen (secondary N) is 2. The average molecular weight is 521 g/mol. The maximum absolute atomic E-state index is 13.3. The summed E-state index contributed by atoms with van der Waals surface area (Å²) in [7, 11) is 0. The zero-order chi connectivity index (χ0) is 26.9. The molecule has 11 heteroatoms. The number of para-hydroxylation sites is 1. The van der Waals surface area contributed by atoms with Crippen LogP contribution in [0.3, 0.4) is 0 Å². The van der Waals surface area contributed by atoms with Crippen LogP contribution in [-0.2, 0) is 33.3 Å². The Labute approximate surface area is 216 Å². The highest BCUT2D eigenvalue weighted by atomic mass is 16.6. The lowest BCUT2D eigenvalue weighted by Gasteiger charge is -2.32. The quantitative estimate of drug-likeness (QED) is 0.173. The normalized spacial score (nSPS) is 26.5. The predicted octanol–water partition coefficient (Wildman–Crippen LogP) is 2.16. The number of hydrogen-bond acceptors (Lipinski definition) is 9. The van der Waals surface area contributed by atoms with Crippen molar-refractivity contribution in [3.05, 3.63) is 23.8 Å². The summed E-state index contributed by atoms with van der Waals surface area (Å²) < 4.78 is 22.7. The van der Waals surface area contributed by atoms with E-state index in [2.05, 4.69) is 10.6 Å². The third kappa shape index (κ3) is 7.20. The van der Waals surface area contributed by atoms with Gasteiger partial charge < -0.3 is 34.7 Å². The van der Waals surface area contributed by atoms with Crippen molar-refractivity contribution in [1.29, 1.82) is 0 Å². The van der Waals surface area contributed by atoms with Gasteiger partial charge in [0.15, 0.2) is 11.8 Å². The molecule has 2 amide bonds. The number of cyclic esters (lactones) is 2. The Morgan fingerprint density at radius 3 is 2.51 bits per heavy atom. The van der Waals surface area contributed by atoms with Gasteiger partial charge in [0.1, 0.15) is 18.3 Å². The highest BCUT2D eigenvalue weighted by Crippen LogP contribution is 2.30. The number of benzene rings is 1. The van der Waals surface area contributed by atoms with Gasteiger partial charge in [-0.25, -0.2) is 4.79 Å². The summed E-state index contributed by atoms with van der Waals surface area (Å²) in [6, 6.07) is 2.87. The Morgan fingerprint density at radius 1 is 1.14 bits per heavy atom. The molecule has 2 fully saturated rings. The molecule has 2 saturated heterocycles. The van der Waals surface area contributed by atoms with Gasteiger partial charge >= 0.3 is 11.9 Å². The highest BCUT2D eigenvalue weighted by Gasteiger charge is 2.43. The second-order valence-corrected chi connectivity index (χ2v) is 9.48. The number of carbonyl (C=O) groups excluding carboxylic acids is 4. The first kappa shape index (κ1) is 28.4. The number of ether oxygens (including phenoxy) is 4. The van der Waals surface area contributed by atoms with E-state index < -0.39 is 53.9 Å². The van der Waals surface area contributed by atoms with Gasteiger partial charge in [0.05, 0.1) is 30.4 Å². The summed E-state index contributed by atoms with van der Waals surface area (Å²) in [5, 5.41) is 15.2. The first-order chi connectivity index (χ1) is 17.8. The zero-order valence-corrected chi connectivity index (χ0v) is 21.4. The molecule has 2 aliphatic heterocycles. The Bertz CT molecular complexity index is 965. The molecular formula is C26H36N2O9. The van der Waals surface area contributed by atoms with Crippen molar-refractivity contribution in [2.45, 2.75) is 70.8 Å². The Morgan fingerprint density at radius 2 is 1.86 bits per heavy atom. The van der Waals surface area contributed by atoms with Gasteiger partial charge in [-0.15, -0.1) is 0 Å². The standard InChI is InChI=1S/C26H36N2O9/c1-4-5-11-35-23-16(3)37-26(33)21(15(2)36-25(32)19(23)10-9-17-12-34-13-17)28-24(31)18-7-6-8-20(22(18)30)27-14-29/h6-8,14-17,19,21,23,30H,4-5,9-13H2,1-3H3,(H,27,29)(H,28,31). The van der Waals surface area contributed by atoms with Gasteiger partial charge in [-0.1, -0.05) is 19.4 Å². The van der Waals surface area contributed by atoms with Crippen LogP contribution in [0.1, 0.15) is 56.8 Å². The summed E-state index contributed by atoms with van der Waals surface area (Å²) in [5.74, 6) is -2.89. The molecular weight excluding hydrogens is 484 g/mol. The van der Waals surface area contributed by atoms with E-state index in [4.69, 9.17) is 18.9 Å². The number of phenolic OH excluding ortho intramolecular Hbond substituents is 1. The Kier molecular flexibility index (Phi) is 10.3. The molecule has 1 aromatic rings. The fourth-order valence-electron chi connectivity index (χ4n) is 4.38. The lowest BCUT2D eigenvalue weighted by molar-refractivity contribution is -0.166. The average Bonchev–Trinajstić information content (AvgIpc) is 2.85. The van der Waals surface area contributed by atoms with Gasteiger partial charge in [-0.2, -0.15) is 0 Å². The number of rotatable bonds is 11. The maximum atomic E-state index is 13.3. The van der Waals surface area contributed by atoms with Crippen molar-refractivity contribution in [2.24, 2.45) is 11.8 Å². The van der Waals surface area contributed by atoms with Crippen LogP contribution >= 0.6 is 0 Å². The van der Waals surface area contributed by atoms with Crippen molar-refractivity contribution in [3.63, 3.8) is 0 Å². The minimum Gasteiger partial charge on any atom is -0.505 e. The highest BCUT2D eigenvalue weighted by molar-refractivity contribution is 6.01. The van der Waals surface area contributed by atoms with Crippen LogP contribution in [0.25, 0.3) is 0 Å². The molecule has 11 nitrogen and oxygen atoms in total. The van der Waals surface area contributed by atoms with Crippen LogP contribution in [0.2, 0.25) is 0 Å². The Balaban J connectivity index is 1.81. The predicted molar refractivity (Wildman–Crippen MR) is 132 cm³/mol. The summed E-state index contributed by atoms with van der Waals surface area (Å²) in [6.07, 6.45) is 0.732. The molecule has 5 atom stereocenters. The van der Waals surface area contributed by atoms with Crippen LogP contribution in [-0.4, -0.2) is 73.5 Å². The molecule has 0 radical (unpaired) electrons. The molecule has 5 unspecified atom stereocenters. The molecule has 3 N–H and O–H groups in total. The second kappa shape index (κ2) is 13.4. The van der Waals surface area contributed by atoms with Crippen LogP contribution in [0.4, 0.5) is 5.69 Å². The molecule has 0 spiro atoms. The Hall–Kier alpha value is -3.18. The number of carbonyl (C=O) groups is 4. The van der Waals surface area contributed by atoms with Crippen LogP contribution in [0, 0.1) is 11.8 Å². The maximum Gasteiger partial charge on any atom is 0.332 e. The first-order valence-corrected chi connectivity index (χ1v) is 12.7.